The molecule has 0 aliphatic heterocycles. The Bertz CT molecular complexity index is 463. The average molecular weight is 309 g/mol. The molecule has 1 N–H and O–H groups in total. The van der Waals surface area contributed by atoms with Crippen molar-refractivity contribution in [2.75, 3.05) is 6.61 Å². The molecule has 0 fully saturated rings. The quantitative estimate of drug-likeness (QED) is 0.385. The van der Waals surface area contributed by atoms with Gasteiger partial charge >= 0.3 is 0 Å². The first-order valence-electron chi connectivity index (χ1n) is 7.43. The molecule has 22 heavy (non-hydrogen) atoms. The Hall–Kier alpha value is -1.79. The molecule has 0 bridgehead atoms. The van der Waals surface area contributed by atoms with E-state index in [1.54, 1.807) is 0 Å². The molecule has 0 aromatic heterocycles. The fourth-order valence-electron chi connectivity index (χ4n) is 2.14. The van der Waals surface area contributed by atoms with E-state index in [1.807, 2.05) is 30.3 Å². The highest BCUT2D eigenvalue weighted by molar-refractivity contribution is 5.75. The van der Waals surface area contributed by atoms with Crippen molar-refractivity contribution in [3.05, 3.63) is 46.0 Å². The van der Waals surface area contributed by atoms with E-state index >= 15 is 0 Å². The molecule has 0 amide bonds. The van der Waals surface area contributed by atoms with Crippen LogP contribution in [0.25, 0.3) is 0 Å². The second-order valence-electron chi connectivity index (χ2n) is 5.34. The summed E-state index contributed by atoms with van der Waals surface area (Å²) >= 11 is 0. The molecule has 1 aromatic carbocycles. The van der Waals surface area contributed by atoms with Crippen LogP contribution in [0.1, 0.15) is 38.2 Å². The van der Waals surface area contributed by atoms with E-state index in [2.05, 4.69) is 0 Å². The maximum Gasteiger partial charge on any atom is 0.239 e. The van der Waals surface area contributed by atoms with Crippen molar-refractivity contribution in [3.63, 3.8) is 0 Å². The molecule has 1 rings (SSSR count). The summed E-state index contributed by atoms with van der Waals surface area (Å²) in [5.41, 5.74) is 1.06. The van der Waals surface area contributed by atoms with E-state index in [0.29, 0.717) is 26.1 Å². The molecule has 122 valence electrons. The molecule has 1 aromatic rings. The third kappa shape index (κ3) is 7.28. The number of ether oxygens (including phenoxy) is 1. The SMILES string of the molecule is CC(=O)CCC(C(O)CCCOCc1ccccc1)[N+](=O)[O-]. The molecule has 2 unspecified atom stereocenters. The van der Waals surface area contributed by atoms with E-state index in [0.717, 1.165) is 5.56 Å². The number of carbonyl (C=O) groups is 1. The number of rotatable bonds is 11. The van der Waals surface area contributed by atoms with Gasteiger partial charge in [-0.2, -0.15) is 0 Å². The second-order valence-corrected chi connectivity index (χ2v) is 5.34. The van der Waals surface area contributed by atoms with E-state index < -0.39 is 17.1 Å². The Kier molecular flexibility index (Phi) is 8.32. The molecule has 6 nitrogen and oxygen atoms in total. The van der Waals surface area contributed by atoms with Gasteiger partial charge in [-0.15, -0.1) is 0 Å². The highest BCUT2D eigenvalue weighted by atomic mass is 16.6. The lowest BCUT2D eigenvalue weighted by molar-refractivity contribution is -0.535. The van der Waals surface area contributed by atoms with Crippen LogP contribution in [0.2, 0.25) is 0 Å². The normalized spacial score (nSPS) is 13.5. The zero-order valence-corrected chi connectivity index (χ0v) is 12.8. The lowest BCUT2D eigenvalue weighted by atomic mass is 10.0. The third-order valence-electron chi connectivity index (χ3n) is 3.41. The van der Waals surface area contributed by atoms with Gasteiger partial charge in [0.15, 0.2) is 0 Å². The minimum Gasteiger partial charge on any atom is -0.386 e. The van der Waals surface area contributed by atoms with Crippen molar-refractivity contribution >= 4 is 5.78 Å². The van der Waals surface area contributed by atoms with Gasteiger partial charge in [0.1, 0.15) is 11.9 Å². The topological polar surface area (TPSA) is 89.7 Å². The van der Waals surface area contributed by atoms with Crippen molar-refractivity contribution in [2.24, 2.45) is 0 Å². The zero-order chi connectivity index (χ0) is 16.4. The summed E-state index contributed by atoms with van der Waals surface area (Å²) in [6, 6.07) is 8.62. The fraction of sp³-hybridized carbons (Fsp3) is 0.562. The average Bonchev–Trinajstić information content (AvgIpc) is 2.47. The maximum atomic E-state index is 10.9. The number of aliphatic hydroxyl groups is 1. The molecule has 0 aliphatic carbocycles. The highest BCUT2D eigenvalue weighted by Gasteiger charge is 2.29. The summed E-state index contributed by atoms with van der Waals surface area (Å²) in [5.74, 6) is -0.106. The number of carbonyl (C=O) groups excluding carboxylic acids is 1. The number of nitrogens with zero attached hydrogens (tertiary/aromatic N) is 1. The molecule has 0 spiro atoms. The lowest BCUT2D eigenvalue weighted by Crippen LogP contribution is -2.34. The fourth-order valence-corrected chi connectivity index (χ4v) is 2.14. The lowest BCUT2D eigenvalue weighted by Gasteiger charge is -2.15. The molecule has 0 saturated heterocycles. The van der Waals surface area contributed by atoms with Gasteiger partial charge in [-0.25, -0.2) is 0 Å². The van der Waals surface area contributed by atoms with Gasteiger partial charge < -0.3 is 14.6 Å². The largest absolute Gasteiger partial charge is 0.386 e. The predicted molar refractivity (Wildman–Crippen MR) is 82.0 cm³/mol. The van der Waals surface area contributed by atoms with Gasteiger partial charge in [-0.3, -0.25) is 10.1 Å². The first-order chi connectivity index (χ1) is 10.5. The van der Waals surface area contributed by atoms with E-state index in [-0.39, 0.29) is 18.6 Å². The predicted octanol–water partition coefficient (Wildman–Crippen LogP) is 2.36. The van der Waals surface area contributed by atoms with Gasteiger partial charge in [-0.05, 0) is 25.3 Å². The van der Waals surface area contributed by atoms with Gasteiger partial charge in [0.05, 0.1) is 6.61 Å². The number of ketones is 1. The Labute approximate surface area is 130 Å². The minimum absolute atomic E-state index is 0.0778. The highest BCUT2D eigenvalue weighted by Crippen LogP contribution is 2.12. The van der Waals surface area contributed by atoms with Gasteiger partial charge in [0.25, 0.3) is 0 Å². The molecular weight excluding hydrogens is 286 g/mol. The first kappa shape index (κ1) is 18.3. The molecule has 0 saturated carbocycles. The van der Waals surface area contributed by atoms with Crippen LogP contribution in [0, 0.1) is 10.1 Å². The van der Waals surface area contributed by atoms with Crippen molar-refractivity contribution in [1.29, 1.82) is 0 Å². The summed E-state index contributed by atoms with van der Waals surface area (Å²) in [6.45, 7) is 2.31. The second kappa shape index (κ2) is 10.0. The number of aliphatic hydroxyl groups excluding tert-OH is 1. The van der Waals surface area contributed by atoms with Gasteiger partial charge in [0.2, 0.25) is 6.04 Å². The summed E-state index contributed by atoms with van der Waals surface area (Å²) in [7, 11) is 0. The van der Waals surface area contributed by atoms with Gasteiger partial charge in [-0.1, -0.05) is 30.3 Å². The van der Waals surface area contributed by atoms with Crippen LogP contribution in [0.15, 0.2) is 30.3 Å². The molecule has 0 radical (unpaired) electrons. The Morgan fingerprint density at radius 1 is 1.32 bits per heavy atom. The van der Waals surface area contributed by atoms with Crippen LogP contribution in [-0.4, -0.2) is 34.6 Å². The first-order valence-corrected chi connectivity index (χ1v) is 7.43. The number of hydrogen-bond acceptors (Lipinski definition) is 5. The Morgan fingerprint density at radius 3 is 2.59 bits per heavy atom. The monoisotopic (exact) mass is 309 g/mol. The number of nitro groups is 1. The van der Waals surface area contributed by atoms with Crippen molar-refractivity contribution in [3.8, 4) is 0 Å². The standard InChI is InChI=1S/C16H23NO5/c1-13(18)9-10-15(17(20)21)16(19)8-5-11-22-12-14-6-3-2-4-7-14/h2-4,6-7,15-16,19H,5,8-12H2,1H3. The number of Topliss-reactive ketones (excluding diaryl/α,β-unsaturated/α-hetero) is 1. The van der Waals surface area contributed by atoms with E-state index in [4.69, 9.17) is 4.74 Å². The van der Waals surface area contributed by atoms with Gasteiger partial charge in [0, 0.05) is 24.4 Å². The summed E-state index contributed by atoms with van der Waals surface area (Å²) in [6.07, 6.45) is -0.0205. The van der Waals surface area contributed by atoms with Crippen LogP contribution in [0.5, 0.6) is 0 Å². The zero-order valence-electron chi connectivity index (χ0n) is 12.8. The minimum atomic E-state index is -1.09. The number of benzene rings is 1. The van der Waals surface area contributed by atoms with Crippen molar-refractivity contribution < 1.29 is 19.6 Å². The van der Waals surface area contributed by atoms with Crippen molar-refractivity contribution in [1.82, 2.24) is 0 Å². The van der Waals surface area contributed by atoms with Crippen LogP contribution in [0.3, 0.4) is 0 Å². The summed E-state index contributed by atoms with van der Waals surface area (Å²) in [4.78, 5) is 21.3. The molecule has 6 heteroatoms. The van der Waals surface area contributed by atoms with E-state index in [9.17, 15) is 20.0 Å². The summed E-state index contributed by atoms with van der Waals surface area (Å²) in [5, 5.41) is 20.8. The molecular formula is C16H23NO5. The maximum absolute atomic E-state index is 10.9. The third-order valence-corrected chi connectivity index (χ3v) is 3.41. The van der Waals surface area contributed by atoms with Crippen LogP contribution in [-0.2, 0) is 16.1 Å². The van der Waals surface area contributed by atoms with Crippen molar-refractivity contribution in [2.45, 2.75) is 51.4 Å². The molecule has 0 aliphatic rings. The van der Waals surface area contributed by atoms with Crippen LogP contribution < -0.4 is 0 Å². The smallest absolute Gasteiger partial charge is 0.239 e. The summed E-state index contributed by atoms with van der Waals surface area (Å²) < 4.78 is 5.47. The Morgan fingerprint density at radius 2 is 2.00 bits per heavy atom. The molecule has 2 atom stereocenters. The number of hydrogen-bond donors (Lipinski definition) is 1. The van der Waals surface area contributed by atoms with Crippen LogP contribution in [0.4, 0.5) is 0 Å². The Balaban J connectivity index is 2.23. The van der Waals surface area contributed by atoms with E-state index in [1.165, 1.54) is 6.92 Å². The molecule has 0 heterocycles. The van der Waals surface area contributed by atoms with Crippen LogP contribution >= 0.6 is 0 Å².